The number of carboxylic acids is 1. The number of carbonyl (C=O) groups is 1. The third-order valence-corrected chi connectivity index (χ3v) is 4.76. The Balaban J connectivity index is 2.03. The molecule has 8 heteroatoms. The largest absolute Gasteiger partial charge is 0.476 e. The average Bonchev–Trinajstić information content (AvgIpc) is 3.05. The van der Waals surface area contributed by atoms with Gasteiger partial charge in [0, 0.05) is 27.2 Å². The molecular formula is C19H10Cl3N3O2. The van der Waals surface area contributed by atoms with E-state index in [1.807, 2.05) is 6.07 Å². The zero-order chi connectivity index (χ0) is 19.1. The van der Waals surface area contributed by atoms with Crippen molar-refractivity contribution in [2.24, 2.45) is 0 Å². The molecule has 1 N–H and O–H groups in total. The first-order valence-corrected chi connectivity index (χ1v) is 8.91. The monoisotopic (exact) mass is 417 g/mol. The number of benzene rings is 2. The van der Waals surface area contributed by atoms with Crippen LogP contribution < -0.4 is 0 Å². The van der Waals surface area contributed by atoms with Gasteiger partial charge in [-0.3, -0.25) is 0 Å². The molecule has 134 valence electrons. The molecule has 0 aliphatic heterocycles. The average molecular weight is 419 g/mol. The van der Waals surface area contributed by atoms with Crippen LogP contribution in [-0.2, 0) is 0 Å². The van der Waals surface area contributed by atoms with Crippen LogP contribution in [0, 0.1) is 0 Å². The number of hydrogen-bond acceptors (Lipinski definition) is 3. The highest BCUT2D eigenvalue weighted by atomic mass is 35.5. The maximum Gasteiger partial charge on any atom is 0.356 e. The Bertz CT molecular complexity index is 1200. The van der Waals surface area contributed by atoms with Gasteiger partial charge in [-0.1, -0.05) is 46.9 Å². The first-order valence-electron chi connectivity index (χ1n) is 7.78. The molecule has 27 heavy (non-hydrogen) atoms. The Hall–Kier alpha value is -2.60. The van der Waals surface area contributed by atoms with E-state index >= 15 is 0 Å². The van der Waals surface area contributed by atoms with Crippen LogP contribution in [0.25, 0.3) is 28.2 Å². The maximum absolute atomic E-state index is 11.4. The van der Waals surface area contributed by atoms with Crippen LogP contribution >= 0.6 is 34.8 Å². The van der Waals surface area contributed by atoms with Crippen LogP contribution in [0.3, 0.4) is 0 Å². The van der Waals surface area contributed by atoms with Gasteiger partial charge in [-0.25, -0.2) is 14.3 Å². The summed E-state index contributed by atoms with van der Waals surface area (Å²) in [7, 11) is 0. The number of aromatic carboxylic acids is 1. The van der Waals surface area contributed by atoms with Gasteiger partial charge in [-0.05, 0) is 36.4 Å². The quantitative estimate of drug-likeness (QED) is 0.462. The predicted molar refractivity (Wildman–Crippen MR) is 106 cm³/mol. The van der Waals surface area contributed by atoms with Gasteiger partial charge >= 0.3 is 5.97 Å². The van der Waals surface area contributed by atoms with Crippen LogP contribution in [-0.4, -0.2) is 25.7 Å². The van der Waals surface area contributed by atoms with Crippen molar-refractivity contribution in [3.05, 3.63) is 75.4 Å². The summed E-state index contributed by atoms with van der Waals surface area (Å²) in [6.07, 6.45) is 0. The number of nitrogens with zero attached hydrogens (tertiary/aromatic N) is 3. The molecule has 2 aromatic carbocycles. The summed E-state index contributed by atoms with van der Waals surface area (Å²) in [5.41, 5.74) is 2.91. The normalized spacial score (nSPS) is 11.1. The van der Waals surface area contributed by atoms with Crippen LogP contribution in [0.2, 0.25) is 15.1 Å². The molecule has 4 aromatic rings. The van der Waals surface area contributed by atoms with Crippen molar-refractivity contribution >= 4 is 46.4 Å². The molecule has 0 fully saturated rings. The SMILES string of the molecule is O=C(O)c1cc2nc(-c3ccc(Cl)cc3Cl)cc(-c3cccc(Cl)c3)n2n1. The summed E-state index contributed by atoms with van der Waals surface area (Å²) >= 11 is 18.4. The summed E-state index contributed by atoms with van der Waals surface area (Å²) in [6, 6.07) is 15.5. The Morgan fingerprint density at radius 1 is 0.963 bits per heavy atom. The highest BCUT2D eigenvalue weighted by Crippen LogP contribution is 2.33. The van der Waals surface area contributed by atoms with Gasteiger partial charge in [0.2, 0.25) is 0 Å². The molecule has 2 heterocycles. The van der Waals surface area contributed by atoms with Crippen molar-refractivity contribution in [1.82, 2.24) is 14.6 Å². The van der Waals surface area contributed by atoms with Crippen LogP contribution in [0.5, 0.6) is 0 Å². The van der Waals surface area contributed by atoms with E-state index in [4.69, 9.17) is 34.8 Å². The van der Waals surface area contributed by atoms with Crippen molar-refractivity contribution in [2.45, 2.75) is 0 Å². The van der Waals surface area contributed by atoms with E-state index in [9.17, 15) is 9.90 Å². The van der Waals surface area contributed by atoms with E-state index in [-0.39, 0.29) is 5.69 Å². The van der Waals surface area contributed by atoms with Gasteiger partial charge in [-0.2, -0.15) is 5.10 Å². The highest BCUT2D eigenvalue weighted by Gasteiger charge is 2.17. The number of rotatable bonds is 3. The van der Waals surface area contributed by atoms with Gasteiger partial charge in [-0.15, -0.1) is 0 Å². The van der Waals surface area contributed by atoms with Gasteiger partial charge < -0.3 is 5.11 Å². The minimum Gasteiger partial charge on any atom is -0.476 e. The van der Waals surface area contributed by atoms with Crippen molar-refractivity contribution in [3.8, 4) is 22.5 Å². The number of aromatic nitrogens is 3. The summed E-state index contributed by atoms with van der Waals surface area (Å²) in [5, 5.41) is 14.9. The molecule has 2 aromatic heterocycles. The first-order chi connectivity index (χ1) is 12.9. The van der Waals surface area contributed by atoms with Crippen LogP contribution in [0.4, 0.5) is 0 Å². The Kier molecular flexibility index (Phi) is 4.52. The van der Waals surface area contributed by atoms with Crippen molar-refractivity contribution in [1.29, 1.82) is 0 Å². The van der Waals surface area contributed by atoms with Gasteiger partial charge in [0.05, 0.1) is 16.4 Å². The molecule has 0 amide bonds. The van der Waals surface area contributed by atoms with E-state index in [1.54, 1.807) is 42.5 Å². The number of carboxylic acid groups (broad SMARTS) is 1. The van der Waals surface area contributed by atoms with Crippen molar-refractivity contribution in [3.63, 3.8) is 0 Å². The molecule has 0 spiro atoms. The van der Waals surface area contributed by atoms with Crippen LogP contribution in [0.15, 0.2) is 54.6 Å². The van der Waals surface area contributed by atoms with Gasteiger partial charge in [0.15, 0.2) is 11.3 Å². The van der Waals surface area contributed by atoms with Crippen molar-refractivity contribution in [2.75, 3.05) is 0 Å². The molecule has 0 radical (unpaired) electrons. The maximum atomic E-state index is 11.4. The molecule has 0 saturated heterocycles. The second-order valence-corrected chi connectivity index (χ2v) is 7.05. The number of fused-ring (bicyclic) bond motifs is 1. The predicted octanol–water partition coefficient (Wildman–Crippen LogP) is 5.72. The van der Waals surface area contributed by atoms with E-state index in [2.05, 4.69) is 10.1 Å². The Morgan fingerprint density at radius 2 is 1.74 bits per heavy atom. The summed E-state index contributed by atoms with van der Waals surface area (Å²) in [6.45, 7) is 0. The summed E-state index contributed by atoms with van der Waals surface area (Å²) in [5.74, 6) is -1.14. The molecule has 4 rings (SSSR count). The molecule has 0 saturated carbocycles. The topological polar surface area (TPSA) is 67.5 Å². The fourth-order valence-corrected chi connectivity index (χ4v) is 3.46. The molecule has 0 atom stereocenters. The fourth-order valence-electron chi connectivity index (χ4n) is 2.77. The lowest BCUT2D eigenvalue weighted by Gasteiger charge is -2.10. The van der Waals surface area contributed by atoms with Gasteiger partial charge in [0.1, 0.15) is 0 Å². The van der Waals surface area contributed by atoms with Crippen molar-refractivity contribution < 1.29 is 9.90 Å². The zero-order valence-corrected chi connectivity index (χ0v) is 15.8. The third kappa shape index (κ3) is 3.37. The fraction of sp³-hybridized carbons (Fsp3) is 0. The van der Waals surface area contributed by atoms with E-state index in [1.165, 1.54) is 10.6 Å². The smallest absolute Gasteiger partial charge is 0.356 e. The van der Waals surface area contributed by atoms with Crippen LogP contribution in [0.1, 0.15) is 10.5 Å². The lowest BCUT2D eigenvalue weighted by molar-refractivity contribution is 0.0690. The lowest BCUT2D eigenvalue weighted by Crippen LogP contribution is -2.01. The van der Waals surface area contributed by atoms with E-state index < -0.39 is 5.97 Å². The molecular weight excluding hydrogens is 409 g/mol. The second kappa shape index (κ2) is 6.85. The number of halogens is 3. The van der Waals surface area contributed by atoms with Gasteiger partial charge in [0.25, 0.3) is 0 Å². The van der Waals surface area contributed by atoms with E-state index in [0.29, 0.717) is 37.7 Å². The minimum atomic E-state index is -1.14. The molecule has 0 unspecified atom stereocenters. The molecule has 0 aliphatic rings. The standard InChI is InChI=1S/C19H10Cl3N3O2/c20-11-3-1-2-10(6-11)17-8-15(13-5-4-12(21)7-14(13)22)23-18-9-16(19(26)27)24-25(17)18/h1-9H,(H,26,27). The lowest BCUT2D eigenvalue weighted by atomic mass is 10.1. The highest BCUT2D eigenvalue weighted by molar-refractivity contribution is 6.36. The van der Waals surface area contributed by atoms with E-state index in [0.717, 1.165) is 5.56 Å². The summed E-state index contributed by atoms with van der Waals surface area (Å²) in [4.78, 5) is 15.9. The Labute approximate surface area is 168 Å². The molecule has 0 aliphatic carbocycles. The molecule has 5 nitrogen and oxygen atoms in total. The number of hydrogen-bond donors (Lipinski definition) is 1. The minimum absolute atomic E-state index is 0.106. The molecule has 0 bridgehead atoms. The first kappa shape index (κ1) is 17.8. The Morgan fingerprint density at radius 3 is 2.44 bits per heavy atom. The second-order valence-electron chi connectivity index (χ2n) is 5.77. The summed E-state index contributed by atoms with van der Waals surface area (Å²) < 4.78 is 1.47. The zero-order valence-electron chi connectivity index (χ0n) is 13.5. The third-order valence-electron chi connectivity index (χ3n) is 3.97.